The molecule has 0 heterocycles. The Balaban J connectivity index is 0.00000116. The number of carbonyl (C=O) groups excluding carboxylic acids is 2. The molecule has 4 nitrogen and oxygen atoms in total. The largest absolute Gasteiger partial charge is 0.444 e. The van der Waals surface area contributed by atoms with Gasteiger partial charge in [-0.3, -0.25) is 0 Å². The summed E-state index contributed by atoms with van der Waals surface area (Å²) in [5, 5.41) is 2.74. The van der Waals surface area contributed by atoms with Gasteiger partial charge in [0.05, 0.1) is 5.41 Å². The fourth-order valence-corrected chi connectivity index (χ4v) is 2.44. The number of ether oxygens (including phenoxy) is 1. The molecule has 1 aliphatic carbocycles. The van der Waals surface area contributed by atoms with Crippen LogP contribution in [0.3, 0.4) is 0 Å². The zero-order valence-electron chi connectivity index (χ0n) is 14.2. The van der Waals surface area contributed by atoms with Crippen LogP contribution in [0.15, 0.2) is 30.3 Å². The maximum absolute atomic E-state index is 11.6. The minimum atomic E-state index is -0.505. The zero-order valence-corrected chi connectivity index (χ0v) is 14.2. The molecule has 1 fully saturated rings. The first-order valence-electron chi connectivity index (χ1n) is 7.86. The van der Waals surface area contributed by atoms with Crippen LogP contribution in [0.1, 0.15) is 46.6 Å². The maximum atomic E-state index is 11.6. The van der Waals surface area contributed by atoms with Crippen LogP contribution < -0.4 is 5.32 Å². The topological polar surface area (TPSA) is 55.4 Å². The molecule has 1 aromatic rings. The van der Waals surface area contributed by atoms with Crippen LogP contribution in [0, 0.1) is 5.92 Å². The lowest BCUT2D eigenvalue weighted by atomic mass is 9.95. The quantitative estimate of drug-likeness (QED) is 0.863. The minimum Gasteiger partial charge on any atom is -0.444 e. The molecule has 0 spiro atoms. The molecule has 22 heavy (non-hydrogen) atoms. The third-order valence-corrected chi connectivity index (χ3v) is 3.57. The van der Waals surface area contributed by atoms with E-state index in [0.29, 0.717) is 6.54 Å². The summed E-state index contributed by atoms with van der Waals surface area (Å²) in [7, 11) is 0. The summed E-state index contributed by atoms with van der Waals surface area (Å²) in [5.41, 5.74) is 0.0800. The number of alkyl carbamates (subject to hydrolysis) is 1. The molecule has 1 amide bonds. The van der Waals surface area contributed by atoms with Gasteiger partial charge in [-0.1, -0.05) is 44.2 Å². The Morgan fingerprint density at radius 3 is 2.41 bits per heavy atom. The van der Waals surface area contributed by atoms with E-state index in [1.54, 1.807) is 0 Å². The number of hydrogen-bond donors (Lipinski definition) is 1. The zero-order chi connectivity index (χ0) is 16.8. The van der Waals surface area contributed by atoms with Crippen molar-refractivity contribution in [1.29, 1.82) is 0 Å². The predicted octanol–water partition coefficient (Wildman–Crippen LogP) is 3.69. The van der Waals surface area contributed by atoms with Crippen LogP contribution in [0.4, 0.5) is 4.79 Å². The number of carbonyl (C=O) groups is 2. The Morgan fingerprint density at radius 2 is 1.91 bits per heavy atom. The summed E-state index contributed by atoms with van der Waals surface area (Å²) < 4.78 is 5.19. The van der Waals surface area contributed by atoms with Crippen LogP contribution in [0.5, 0.6) is 0 Å². The second-order valence-electron chi connectivity index (χ2n) is 6.31. The number of rotatable bonds is 4. The van der Waals surface area contributed by atoms with Gasteiger partial charge in [-0.25, -0.2) is 4.79 Å². The smallest absolute Gasteiger partial charge is 0.407 e. The molecule has 4 heteroatoms. The fourth-order valence-electron chi connectivity index (χ4n) is 2.44. The van der Waals surface area contributed by atoms with Crippen LogP contribution in [0.25, 0.3) is 0 Å². The summed E-state index contributed by atoms with van der Waals surface area (Å²) in [5.74, 6) is 0.148. The Kier molecular flexibility index (Phi) is 6.15. The first kappa shape index (κ1) is 18.2. The van der Waals surface area contributed by atoms with Crippen LogP contribution in [-0.2, 0) is 14.9 Å². The molecule has 0 saturated heterocycles. The van der Waals surface area contributed by atoms with E-state index in [9.17, 15) is 9.59 Å². The highest BCUT2D eigenvalue weighted by molar-refractivity contribution is 5.75. The van der Waals surface area contributed by atoms with Gasteiger partial charge in [0.2, 0.25) is 0 Å². The summed E-state index contributed by atoms with van der Waals surface area (Å²) >= 11 is 0. The van der Waals surface area contributed by atoms with Gasteiger partial charge < -0.3 is 14.8 Å². The molecule has 0 aliphatic heterocycles. The van der Waals surface area contributed by atoms with Gasteiger partial charge in [0, 0.05) is 6.54 Å². The van der Waals surface area contributed by atoms with Gasteiger partial charge in [-0.2, -0.15) is 0 Å². The van der Waals surface area contributed by atoms with Crippen LogP contribution in [0.2, 0.25) is 0 Å². The van der Waals surface area contributed by atoms with Crippen LogP contribution >= 0.6 is 0 Å². The monoisotopic (exact) mass is 305 g/mol. The van der Waals surface area contributed by atoms with E-state index in [2.05, 4.69) is 5.32 Å². The lowest BCUT2D eigenvalue weighted by molar-refractivity contribution is -0.110. The molecule has 0 radical (unpaired) electrons. The van der Waals surface area contributed by atoms with Crippen molar-refractivity contribution >= 4 is 12.4 Å². The highest BCUT2D eigenvalue weighted by Crippen LogP contribution is 2.52. The Hall–Kier alpha value is -1.84. The lowest BCUT2D eigenvalue weighted by Crippen LogP contribution is -2.34. The molecule has 0 bridgehead atoms. The van der Waals surface area contributed by atoms with Crippen molar-refractivity contribution in [2.75, 3.05) is 6.54 Å². The minimum absolute atomic E-state index is 0.148. The molecular formula is C18H27NO3. The van der Waals surface area contributed by atoms with E-state index in [-0.39, 0.29) is 5.92 Å². The van der Waals surface area contributed by atoms with E-state index in [1.807, 2.05) is 65.0 Å². The van der Waals surface area contributed by atoms with Gasteiger partial charge >= 0.3 is 6.09 Å². The van der Waals surface area contributed by atoms with Gasteiger partial charge in [0.25, 0.3) is 0 Å². The highest BCUT2D eigenvalue weighted by Gasteiger charge is 2.55. The third kappa shape index (κ3) is 4.58. The van der Waals surface area contributed by atoms with Crippen molar-refractivity contribution in [3.8, 4) is 0 Å². The van der Waals surface area contributed by atoms with E-state index < -0.39 is 17.1 Å². The summed E-state index contributed by atoms with van der Waals surface area (Å²) in [4.78, 5) is 23.0. The fraction of sp³-hybridized carbons (Fsp3) is 0.556. The Morgan fingerprint density at radius 1 is 1.32 bits per heavy atom. The van der Waals surface area contributed by atoms with E-state index >= 15 is 0 Å². The maximum Gasteiger partial charge on any atom is 0.407 e. The number of nitrogens with one attached hydrogen (secondary N) is 1. The van der Waals surface area contributed by atoms with Crippen molar-refractivity contribution in [2.45, 2.75) is 52.1 Å². The predicted molar refractivity (Wildman–Crippen MR) is 87.9 cm³/mol. The van der Waals surface area contributed by atoms with Crippen molar-refractivity contribution in [3.63, 3.8) is 0 Å². The Labute approximate surface area is 133 Å². The first-order chi connectivity index (χ1) is 10.4. The van der Waals surface area contributed by atoms with Crippen molar-refractivity contribution in [1.82, 2.24) is 5.32 Å². The molecule has 1 aliphatic rings. The average molecular weight is 305 g/mol. The molecule has 1 aromatic carbocycles. The second kappa shape index (κ2) is 7.43. The normalized spacial score (nSPS) is 22.9. The van der Waals surface area contributed by atoms with E-state index in [4.69, 9.17) is 4.74 Å². The molecule has 0 aromatic heterocycles. The Bertz CT molecular complexity index is 493. The molecule has 0 unspecified atom stereocenters. The molecule has 2 rings (SSSR count). The molecule has 1 saturated carbocycles. The van der Waals surface area contributed by atoms with Crippen molar-refractivity contribution in [2.24, 2.45) is 5.92 Å². The summed E-state index contributed by atoms with van der Waals surface area (Å²) in [6.45, 7) is 9.93. The number of amides is 1. The van der Waals surface area contributed by atoms with Gasteiger partial charge in [0.1, 0.15) is 11.9 Å². The molecule has 122 valence electrons. The van der Waals surface area contributed by atoms with Crippen LogP contribution in [-0.4, -0.2) is 24.5 Å². The number of aldehydes is 1. The highest BCUT2D eigenvalue weighted by atomic mass is 16.6. The van der Waals surface area contributed by atoms with E-state index in [0.717, 1.165) is 18.3 Å². The second-order valence-corrected chi connectivity index (χ2v) is 6.31. The van der Waals surface area contributed by atoms with Crippen molar-refractivity contribution < 1.29 is 14.3 Å². The van der Waals surface area contributed by atoms with Gasteiger partial charge in [-0.05, 0) is 38.7 Å². The standard InChI is InChI=1S/C16H21NO3.C2H6/c1-15(2,3)20-14(19)17-10-13-9-16(13,11-18)12-7-5-4-6-8-12;1-2/h4-8,11,13H,9-10H2,1-3H3,(H,17,19);1-2H3/t13-,16+;/m1./s1. The molecular weight excluding hydrogens is 278 g/mol. The summed E-state index contributed by atoms with van der Waals surface area (Å²) in [6, 6.07) is 9.70. The number of hydrogen-bond acceptors (Lipinski definition) is 3. The summed E-state index contributed by atoms with van der Waals surface area (Å²) in [6.07, 6.45) is 1.34. The van der Waals surface area contributed by atoms with E-state index in [1.165, 1.54) is 0 Å². The molecule has 1 N–H and O–H groups in total. The lowest BCUT2D eigenvalue weighted by Gasteiger charge is -2.20. The van der Waals surface area contributed by atoms with Gasteiger partial charge in [-0.15, -0.1) is 0 Å². The van der Waals surface area contributed by atoms with Crippen molar-refractivity contribution in [3.05, 3.63) is 35.9 Å². The first-order valence-corrected chi connectivity index (χ1v) is 7.86. The molecule has 2 atom stereocenters. The number of benzene rings is 1. The SMILES string of the molecule is CC.CC(C)(C)OC(=O)NC[C@H]1C[C@]1(C=O)c1ccccc1. The van der Waals surface area contributed by atoms with Gasteiger partial charge in [0.15, 0.2) is 0 Å². The third-order valence-electron chi connectivity index (χ3n) is 3.57. The average Bonchev–Trinajstić information content (AvgIpc) is 3.21.